The summed E-state index contributed by atoms with van der Waals surface area (Å²) in [6.07, 6.45) is 3.03. The Morgan fingerprint density at radius 1 is 0.960 bits per heavy atom. The number of oxime groups is 1. The Labute approximate surface area is 149 Å². The minimum Gasteiger partial charge on any atom is -0.290 e. The number of hydrogen-bond donors (Lipinski definition) is 0. The summed E-state index contributed by atoms with van der Waals surface area (Å²) >= 11 is 0. The maximum atomic E-state index is 12.3. The zero-order valence-corrected chi connectivity index (χ0v) is 15.9. The van der Waals surface area contributed by atoms with Crippen molar-refractivity contribution in [2.45, 2.75) is 45.4 Å². The highest BCUT2D eigenvalue weighted by molar-refractivity contribution is 7.86. The summed E-state index contributed by atoms with van der Waals surface area (Å²) in [5.74, 6) is 0.242. The molecule has 0 aliphatic heterocycles. The van der Waals surface area contributed by atoms with Crippen molar-refractivity contribution in [1.29, 1.82) is 0 Å². The largest absolute Gasteiger partial charge is 0.358 e. The number of benzene rings is 1. The minimum absolute atomic E-state index is 0.0160. The molecule has 0 unspecified atom stereocenters. The van der Waals surface area contributed by atoms with Gasteiger partial charge in [-0.25, -0.2) is 0 Å². The lowest BCUT2D eigenvalue weighted by molar-refractivity contribution is -0.111. The Morgan fingerprint density at radius 2 is 1.56 bits per heavy atom. The third-order valence-corrected chi connectivity index (χ3v) is 5.14. The third kappa shape index (κ3) is 4.45. The van der Waals surface area contributed by atoms with Gasteiger partial charge < -0.3 is 0 Å². The van der Waals surface area contributed by atoms with Crippen molar-refractivity contribution in [1.82, 2.24) is 0 Å². The van der Waals surface area contributed by atoms with Crippen LogP contribution in [0.5, 0.6) is 0 Å². The molecule has 1 aliphatic rings. The lowest BCUT2D eigenvalue weighted by atomic mass is 9.90. The second-order valence-electron chi connectivity index (χ2n) is 6.67. The van der Waals surface area contributed by atoms with Crippen LogP contribution in [-0.2, 0) is 19.2 Å². The summed E-state index contributed by atoms with van der Waals surface area (Å²) < 4.78 is 29.5. The van der Waals surface area contributed by atoms with E-state index in [0.717, 1.165) is 5.56 Å². The van der Waals surface area contributed by atoms with Gasteiger partial charge in [0.15, 0.2) is 5.78 Å². The molecule has 1 aromatic carbocycles. The molecule has 0 N–H and O–H groups in total. The molecule has 25 heavy (non-hydrogen) atoms. The second-order valence-corrected chi connectivity index (χ2v) is 8.20. The fourth-order valence-corrected chi connectivity index (χ4v) is 3.12. The number of nitrogens with zero attached hydrogens (tertiary/aromatic N) is 1. The Morgan fingerprint density at radius 3 is 2.08 bits per heavy atom. The van der Waals surface area contributed by atoms with Gasteiger partial charge in [0, 0.05) is 5.57 Å². The van der Waals surface area contributed by atoms with Crippen LogP contribution >= 0.6 is 0 Å². The van der Waals surface area contributed by atoms with E-state index < -0.39 is 10.1 Å². The number of carbonyl (C=O) groups is 1. The van der Waals surface area contributed by atoms with Gasteiger partial charge in [-0.1, -0.05) is 45.0 Å². The van der Waals surface area contributed by atoms with E-state index in [1.54, 1.807) is 25.1 Å². The topological polar surface area (TPSA) is 72.8 Å². The molecular weight excluding hydrogens is 338 g/mol. The maximum Gasteiger partial charge on any atom is 0.358 e. The van der Waals surface area contributed by atoms with Crippen molar-refractivity contribution in [2.75, 3.05) is 0 Å². The molecule has 0 aromatic heterocycles. The first kappa shape index (κ1) is 19.1. The summed E-state index contributed by atoms with van der Waals surface area (Å²) in [7, 11) is -4.01. The van der Waals surface area contributed by atoms with Gasteiger partial charge in [0.1, 0.15) is 10.6 Å². The molecule has 0 atom stereocenters. The molecular formula is C19H23NO4S. The van der Waals surface area contributed by atoms with Crippen molar-refractivity contribution >= 4 is 21.6 Å². The van der Waals surface area contributed by atoms with Crippen molar-refractivity contribution in [2.24, 2.45) is 11.1 Å². The lowest BCUT2D eigenvalue weighted by Gasteiger charge is -2.14. The van der Waals surface area contributed by atoms with E-state index in [9.17, 15) is 13.2 Å². The van der Waals surface area contributed by atoms with Crippen LogP contribution in [0.1, 0.15) is 46.1 Å². The molecule has 0 bridgehead atoms. The van der Waals surface area contributed by atoms with Gasteiger partial charge in [0.25, 0.3) is 0 Å². The van der Waals surface area contributed by atoms with Crippen LogP contribution in [-0.4, -0.2) is 19.9 Å². The van der Waals surface area contributed by atoms with Gasteiger partial charge in [-0.2, -0.15) is 8.42 Å². The normalized spacial score (nSPS) is 17.1. The van der Waals surface area contributed by atoms with Crippen molar-refractivity contribution < 1.29 is 17.5 Å². The quantitative estimate of drug-likeness (QED) is 0.587. The van der Waals surface area contributed by atoms with Gasteiger partial charge >= 0.3 is 10.1 Å². The zero-order valence-electron chi connectivity index (χ0n) is 15.1. The van der Waals surface area contributed by atoms with E-state index in [1.165, 1.54) is 18.2 Å². The Bertz CT molecular complexity index is 857. The van der Waals surface area contributed by atoms with E-state index in [-0.39, 0.29) is 16.6 Å². The number of ketones is 1. The third-order valence-electron chi connectivity index (χ3n) is 4.02. The second kappa shape index (κ2) is 7.35. The Balaban J connectivity index is 2.27. The van der Waals surface area contributed by atoms with Gasteiger partial charge in [0.2, 0.25) is 0 Å². The highest BCUT2D eigenvalue weighted by Crippen LogP contribution is 2.21. The molecule has 0 spiro atoms. The molecule has 1 aliphatic carbocycles. The van der Waals surface area contributed by atoms with Crippen LogP contribution < -0.4 is 0 Å². The van der Waals surface area contributed by atoms with E-state index in [2.05, 4.69) is 5.16 Å². The highest BCUT2D eigenvalue weighted by Gasteiger charge is 2.21. The number of carbonyl (C=O) groups excluding carboxylic acids is 1. The Hall–Kier alpha value is -2.21. The van der Waals surface area contributed by atoms with E-state index in [1.807, 2.05) is 27.7 Å². The van der Waals surface area contributed by atoms with Crippen LogP contribution in [0.2, 0.25) is 0 Å². The van der Waals surface area contributed by atoms with E-state index >= 15 is 0 Å². The van der Waals surface area contributed by atoms with Crippen LogP contribution in [0.4, 0.5) is 0 Å². The van der Waals surface area contributed by atoms with Gasteiger partial charge in [0.05, 0.1) is 0 Å². The number of allylic oxidation sites excluding steroid dienone is 4. The average Bonchev–Trinajstić information content (AvgIpc) is 2.53. The smallest absolute Gasteiger partial charge is 0.290 e. The first-order valence-corrected chi connectivity index (χ1v) is 9.59. The summed E-state index contributed by atoms with van der Waals surface area (Å²) in [6, 6.07) is 6.53. The molecule has 0 fully saturated rings. The fourth-order valence-electron chi connectivity index (χ4n) is 2.39. The fraction of sp³-hybridized carbons (Fsp3) is 0.368. The molecule has 6 heteroatoms. The van der Waals surface area contributed by atoms with Crippen molar-refractivity contribution in [3.8, 4) is 0 Å². The molecule has 0 heterocycles. The molecule has 0 saturated heterocycles. The van der Waals surface area contributed by atoms with E-state index in [4.69, 9.17) is 4.28 Å². The summed E-state index contributed by atoms with van der Waals surface area (Å²) in [5.41, 5.74) is 2.52. The Kier molecular flexibility index (Phi) is 5.62. The molecule has 0 radical (unpaired) electrons. The minimum atomic E-state index is -4.01. The molecule has 1 aromatic rings. The monoisotopic (exact) mass is 361 g/mol. The predicted octanol–water partition coefficient (Wildman–Crippen LogP) is 3.98. The zero-order chi connectivity index (χ0) is 18.8. The summed E-state index contributed by atoms with van der Waals surface area (Å²) in [4.78, 5) is 12.0. The molecule has 134 valence electrons. The SMILES string of the molecule is CC1=CC(=O)C(C(C)C)=C/C1=N/OS(=O)(=O)c1ccc(C(C)C)cc1. The van der Waals surface area contributed by atoms with Crippen LogP contribution in [0.3, 0.4) is 0 Å². The van der Waals surface area contributed by atoms with Crippen LogP contribution in [0.25, 0.3) is 0 Å². The van der Waals surface area contributed by atoms with Crippen LogP contribution in [0, 0.1) is 5.92 Å². The molecule has 0 amide bonds. The molecule has 2 rings (SSSR count). The van der Waals surface area contributed by atoms with Gasteiger partial charge in [-0.3, -0.25) is 9.08 Å². The summed E-state index contributed by atoms with van der Waals surface area (Å²) in [6.45, 7) is 9.54. The van der Waals surface area contributed by atoms with Crippen LogP contribution in [0.15, 0.2) is 57.6 Å². The first-order chi connectivity index (χ1) is 11.6. The van der Waals surface area contributed by atoms with Crippen molar-refractivity contribution in [3.63, 3.8) is 0 Å². The molecule has 5 nitrogen and oxygen atoms in total. The lowest BCUT2D eigenvalue weighted by Crippen LogP contribution is -2.16. The van der Waals surface area contributed by atoms with Gasteiger partial charge in [-0.15, -0.1) is 0 Å². The van der Waals surface area contributed by atoms with E-state index in [0.29, 0.717) is 22.8 Å². The maximum absolute atomic E-state index is 12.3. The first-order valence-electron chi connectivity index (χ1n) is 8.18. The summed E-state index contributed by atoms with van der Waals surface area (Å²) in [5, 5.41) is 3.77. The molecule has 0 saturated carbocycles. The number of rotatable bonds is 5. The highest BCUT2D eigenvalue weighted by atomic mass is 32.2. The average molecular weight is 361 g/mol. The standard InChI is InChI=1S/C19H23NO4S/c1-12(2)15-6-8-16(9-7-15)25(22,23)24-20-18-11-17(13(3)4)19(21)10-14(18)5/h6-13H,1-5H3/b20-18-. The predicted molar refractivity (Wildman–Crippen MR) is 97.9 cm³/mol. The van der Waals surface area contributed by atoms with Gasteiger partial charge in [-0.05, 0) is 54.2 Å². The number of hydrogen-bond acceptors (Lipinski definition) is 5. The van der Waals surface area contributed by atoms with Crippen molar-refractivity contribution in [3.05, 3.63) is 53.1 Å².